The number of methoxy groups -OCH3 is 2. The lowest BCUT2D eigenvalue weighted by molar-refractivity contribution is 0.248. The standard InChI is InChI=1S/C24H21ClN4O4/c1-31-19-12-18(13-20(14-19)32-2)26-24(30)27-21(15-8-10-17(25)11-9-15)23-29-28-22(33-23)16-6-4-3-5-7-16/h3-14,21H,1-2H3,(H2,26,27,30). The van der Waals surface area contributed by atoms with Crippen molar-refractivity contribution in [1.82, 2.24) is 15.5 Å². The Morgan fingerprint density at radius 2 is 1.61 bits per heavy atom. The minimum atomic E-state index is -0.709. The SMILES string of the molecule is COc1cc(NC(=O)NC(c2ccc(Cl)cc2)c2nnc(-c3ccccc3)o2)cc(OC)c1. The Kier molecular flexibility index (Phi) is 6.75. The maximum atomic E-state index is 12.9. The number of carbonyl (C=O) groups excluding carboxylic acids is 1. The molecule has 2 N–H and O–H groups in total. The molecule has 1 heterocycles. The van der Waals surface area contributed by atoms with Crippen molar-refractivity contribution in [2.24, 2.45) is 0 Å². The number of rotatable bonds is 7. The van der Waals surface area contributed by atoms with E-state index >= 15 is 0 Å². The lowest BCUT2D eigenvalue weighted by atomic mass is 10.1. The molecule has 0 aliphatic rings. The molecule has 0 bridgehead atoms. The van der Waals surface area contributed by atoms with Crippen LogP contribution in [0.5, 0.6) is 11.5 Å². The molecule has 0 radical (unpaired) electrons. The summed E-state index contributed by atoms with van der Waals surface area (Å²) in [5, 5.41) is 14.6. The first-order valence-corrected chi connectivity index (χ1v) is 10.4. The summed E-state index contributed by atoms with van der Waals surface area (Å²) in [7, 11) is 3.07. The number of halogens is 1. The van der Waals surface area contributed by atoms with Crippen LogP contribution < -0.4 is 20.1 Å². The highest BCUT2D eigenvalue weighted by molar-refractivity contribution is 6.30. The number of benzene rings is 3. The van der Waals surface area contributed by atoms with Crippen molar-refractivity contribution in [3.63, 3.8) is 0 Å². The van der Waals surface area contributed by atoms with Gasteiger partial charge >= 0.3 is 6.03 Å². The highest BCUT2D eigenvalue weighted by Crippen LogP contribution is 2.28. The van der Waals surface area contributed by atoms with Gasteiger partial charge in [0.25, 0.3) is 0 Å². The van der Waals surface area contributed by atoms with E-state index in [9.17, 15) is 4.79 Å². The predicted octanol–water partition coefficient (Wildman–Crippen LogP) is 5.32. The molecule has 3 aromatic carbocycles. The number of anilines is 1. The van der Waals surface area contributed by atoms with E-state index in [1.165, 1.54) is 14.2 Å². The van der Waals surface area contributed by atoms with Gasteiger partial charge in [0.15, 0.2) is 0 Å². The van der Waals surface area contributed by atoms with Crippen molar-refractivity contribution in [2.45, 2.75) is 6.04 Å². The summed E-state index contributed by atoms with van der Waals surface area (Å²) in [5.74, 6) is 1.67. The molecule has 9 heteroatoms. The third-order valence-corrected chi connectivity index (χ3v) is 5.05. The van der Waals surface area contributed by atoms with Crippen molar-refractivity contribution in [3.05, 3.63) is 89.3 Å². The van der Waals surface area contributed by atoms with Crippen molar-refractivity contribution in [3.8, 4) is 23.0 Å². The molecule has 0 saturated carbocycles. The molecule has 1 aromatic heterocycles. The number of nitrogens with one attached hydrogen (secondary N) is 2. The Bertz CT molecular complexity index is 1210. The van der Waals surface area contributed by atoms with Crippen LogP contribution in [0, 0.1) is 0 Å². The third kappa shape index (κ3) is 5.42. The number of hydrogen-bond acceptors (Lipinski definition) is 6. The number of hydrogen-bond donors (Lipinski definition) is 2. The summed E-state index contributed by atoms with van der Waals surface area (Å²) in [6.07, 6.45) is 0. The number of ether oxygens (including phenoxy) is 2. The first-order valence-electron chi connectivity index (χ1n) is 10.0. The highest BCUT2D eigenvalue weighted by Gasteiger charge is 2.24. The lowest BCUT2D eigenvalue weighted by Crippen LogP contribution is -2.33. The molecule has 1 unspecified atom stereocenters. The van der Waals surface area contributed by atoms with Crippen molar-refractivity contribution in [1.29, 1.82) is 0 Å². The van der Waals surface area contributed by atoms with E-state index in [0.29, 0.717) is 28.1 Å². The quantitative estimate of drug-likeness (QED) is 0.384. The largest absolute Gasteiger partial charge is 0.497 e. The Morgan fingerprint density at radius 3 is 2.24 bits per heavy atom. The topological polar surface area (TPSA) is 98.5 Å². The lowest BCUT2D eigenvalue weighted by Gasteiger charge is -2.17. The second-order valence-electron chi connectivity index (χ2n) is 7.00. The molecule has 1 atom stereocenters. The fourth-order valence-corrected chi connectivity index (χ4v) is 3.30. The molecular weight excluding hydrogens is 444 g/mol. The van der Waals surface area contributed by atoms with E-state index in [-0.39, 0.29) is 5.89 Å². The molecule has 0 spiro atoms. The second-order valence-corrected chi connectivity index (χ2v) is 7.43. The molecule has 168 valence electrons. The highest BCUT2D eigenvalue weighted by atomic mass is 35.5. The summed E-state index contributed by atoms with van der Waals surface area (Å²) >= 11 is 6.04. The van der Waals surface area contributed by atoms with Gasteiger partial charge in [0.1, 0.15) is 17.5 Å². The summed E-state index contributed by atoms with van der Waals surface area (Å²) in [4.78, 5) is 12.9. The number of amides is 2. The van der Waals surface area contributed by atoms with Crippen molar-refractivity contribution in [2.75, 3.05) is 19.5 Å². The minimum absolute atomic E-state index is 0.231. The van der Waals surface area contributed by atoms with Crippen LogP contribution in [0.4, 0.5) is 10.5 Å². The smallest absolute Gasteiger partial charge is 0.320 e. The maximum absolute atomic E-state index is 12.9. The second kappa shape index (κ2) is 10.1. The van der Waals surface area contributed by atoms with Gasteiger partial charge in [-0.15, -0.1) is 10.2 Å². The normalized spacial score (nSPS) is 11.5. The van der Waals surface area contributed by atoms with Gasteiger partial charge in [-0.2, -0.15) is 0 Å². The first-order chi connectivity index (χ1) is 16.1. The first kappa shape index (κ1) is 22.2. The molecule has 2 amide bonds. The van der Waals surface area contributed by atoms with E-state index < -0.39 is 12.1 Å². The van der Waals surface area contributed by atoms with Gasteiger partial charge < -0.3 is 24.5 Å². The summed E-state index contributed by atoms with van der Waals surface area (Å²) < 4.78 is 16.4. The minimum Gasteiger partial charge on any atom is -0.497 e. The zero-order valence-corrected chi connectivity index (χ0v) is 18.7. The third-order valence-electron chi connectivity index (χ3n) is 4.80. The Labute approximate surface area is 195 Å². The van der Waals surface area contributed by atoms with Crippen LogP contribution in [0.1, 0.15) is 17.5 Å². The van der Waals surface area contributed by atoms with E-state index in [1.54, 1.807) is 42.5 Å². The van der Waals surface area contributed by atoms with Gasteiger partial charge in [0.2, 0.25) is 11.8 Å². The number of aromatic nitrogens is 2. The summed E-state index contributed by atoms with van der Waals surface area (Å²) in [6, 6.07) is 20.3. The molecule has 33 heavy (non-hydrogen) atoms. The van der Waals surface area contributed by atoms with Gasteiger partial charge in [-0.1, -0.05) is 41.9 Å². The fraction of sp³-hybridized carbons (Fsp3) is 0.125. The van der Waals surface area contributed by atoms with Gasteiger partial charge in [0, 0.05) is 34.5 Å². The van der Waals surface area contributed by atoms with Crippen molar-refractivity contribution < 1.29 is 18.7 Å². The fourth-order valence-electron chi connectivity index (χ4n) is 3.17. The molecular formula is C24H21ClN4O4. The van der Waals surface area contributed by atoms with E-state index in [4.69, 9.17) is 25.5 Å². The average molecular weight is 465 g/mol. The van der Waals surface area contributed by atoms with E-state index in [0.717, 1.165) is 11.1 Å². The van der Waals surface area contributed by atoms with Gasteiger partial charge in [0.05, 0.1) is 14.2 Å². The number of urea groups is 1. The number of nitrogens with zero attached hydrogens (tertiary/aromatic N) is 2. The molecule has 0 aliphatic heterocycles. The molecule has 0 aliphatic carbocycles. The Morgan fingerprint density at radius 1 is 0.939 bits per heavy atom. The summed E-state index contributed by atoms with van der Waals surface area (Å²) in [5.41, 5.74) is 1.99. The van der Waals surface area contributed by atoms with Gasteiger partial charge in [-0.05, 0) is 29.8 Å². The average Bonchev–Trinajstić information content (AvgIpc) is 3.33. The predicted molar refractivity (Wildman–Crippen MR) is 125 cm³/mol. The van der Waals surface area contributed by atoms with E-state index in [2.05, 4.69) is 20.8 Å². The zero-order valence-electron chi connectivity index (χ0n) is 17.9. The van der Waals surface area contributed by atoms with Crippen LogP contribution in [0.25, 0.3) is 11.5 Å². The maximum Gasteiger partial charge on any atom is 0.320 e. The van der Waals surface area contributed by atoms with E-state index in [1.807, 2.05) is 30.3 Å². The van der Waals surface area contributed by atoms with Crippen LogP contribution in [-0.2, 0) is 0 Å². The Balaban J connectivity index is 1.60. The van der Waals surface area contributed by atoms with Crippen molar-refractivity contribution >= 4 is 23.3 Å². The Hall–Kier alpha value is -4.04. The molecule has 4 aromatic rings. The van der Waals surface area contributed by atoms with Crippen LogP contribution in [0.3, 0.4) is 0 Å². The van der Waals surface area contributed by atoms with Crippen LogP contribution in [0.2, 0.25) is 5.02 Å². The van der Waals surface area contributed by atoms with Crippen LogP contribution in [0.15, 0.2) is 77.2 Å². The van der Waals surface area contributed by atoms with Gasteiger partial charge in [-0.25, -0.2) is 4.79 Å². The molecule has 4 rings (SSSR count). The molecule has 0 saturated heterocycles. The van der Waals surface area contributed by atoms with Crippen LogP contribution >= 0.6 is 11.6 Å². The monoisotopic (exact) mass is 464 g/mol. The molecule has 0 fully saturated rings. The van der Waals surface area contributed by atoms with Gasteiger partial charge in [-0.3, -0.25) is 0 Å². The number of carbonyl (C=O) groups is 1. The zero-order chi connectivity index (χ0) is 23.2. The molecule has 8 nitrogen and oxygen atoms in total. The van der Waals surface area contributed by atoms with Crippen LogP contribution in [-0.4, -0.2) is 30.4 Å². The summed E-state index contributed by atoms with van der Waals surface area (Å²) in [6.45, 7) is 0.